The molecule has 200 valence electrons. The van der Waals surface area contributed by atoms with Crippen molar-refractivity contribution in [3.63, 3.8) is 0 Å². The minimum Gasteiger partial charge on any atom is -0.390 e. The second-order valence-corrected chi connectivity index (χ2v) is 11.0. The third-order valence-electron chi connectivity index (χ3n) is 5.50. The number of nitrogens with one attached hydrogen (secondary N) is 1. The molecule has 0 spiro atoms. The molecule has 0 aliphatic carbocycles. The Morgan fingerprint density at radius 3 is 2.31 bits per heavy atom. The van der Waals surface area contributed by atoms with Crippen LogP contribution in [0.2, 0.25) is 0 Å². The highest BCUT2D eigenvalue weighted by Crippen LogP contribution is 2.61. The fourth-order valence-corrected chi connectivity index (χ4v) is 5.99. The number of ether oxygens (including phenoxy) is 2. The first-order chi connectivity index (χ1) is 16.2. The molecule has 2 heterocycles. The molecule has 0 aromatic heterocycles. The Morgan fingerprint density at radius 2 is 1.80 bits per heavy atom. The highest BCUT2D eigenvalue weighted by Gasteiger charge is 2.49. The van der Waals surface area contributed by atoms with Crippen LogP contribution < -0.4 is 5.32 Å². The number of nitrogens with zero attached hydrogens (tertiary/aromatic N) is 3. The summed E-state index contributed by atoms with van der Waals surface area (Å²) in [6, 6.07) is -2.19. The van der Waals surface area contributed by atoms with Crippen LogP contribution in [0.4, 0.5) is 0 Å². The number of azide groups is 1. The molecule has 1 amide bonds. The van der Waals surface area contributed by atoms with Crippen molar-refractivity contribution in [2.75, 3.05) is 13.2 Å². The van der Waals surface area contributed by atoms with Crippen LogP contribution in [0.5, 0.6) is 0 Å². The van der Waals surface area contributed by atoms with Crippen molar-refractivity contribution >= 4 is 29.4 Å². The number of phosphoric ester groups is 2. The number of hydrogen-bond donors (Lipinski definition) is 6. The van der Waals surface area contributed by atoms with Gasteiger partial charge in [0.15, 0.2) is 6.29 Å². The average molecular weight is 546 g/mol. The summed E-state index contributed by atoms with van der Waals surface area (Å²) in [4.78, 5) is 34.1. The Hall–Kier alpha value is -1.10. The fourth-order valence-electron chi connectivity index (χ4n) is 3.83. The summed E-state index contributed by atoms with van der Waals surface area (Å²) in [7, 11) is -9.30. The molecule has 0 radical (unpaired) electrons. The molecule has 2 rings (SSSR count). The summed E-state index contributed by atoms with van der Waals surface area (Å²) in [5.41, 5.74) is 8.58. The summed E-state index contributed by atoms with van der Waals surface area (Å²) < 4.78 is 49.1. The van der Waals surface area contributed by atoms with Crippen LogP contribution in [0.15, 0.2) is 5.11 Å². The van der Waals surface area contributed by atoms with Crippen LogP contribution in [-0.2, 0) is 36.8 Å². The second-order valence-electron chi connectivity index (χ2n) is 8.03. The van der Waals surface area contributed by atoms with Gasteiger partial charge < -0.3 is 39.9 Å². The zero-order valence-electron chi connectivity index (χ0n) is 19.1. The van der Waals surface area contributed by atoms with Gasteiger partial charge in [0, 0.05) is 17.8 Å². The molecule has 20 heteroatoms. The number of hydrogen-bond acceptors (Lipinski definition) is 12. The van der Waals surface area contributed by atoms with E-state index >= 15 is 0 Å². The lowest BCUT2D eigenvalue weighted by molar-refractivity contribution is -0.221. The van der Waals surface area contributed by atoms with Crippen LogP contribution in [0.1, 0.15) is 20.3 Å². The first-order valence-electron chi connectivity index (χ1n) is 10.5. The molecule has 11 atom stereocenters. The van der Waals surface area contributed by atoms with E-state index in [0.717, 1.165) is 6.92 Å². The first-order valence-corrected chi connectivity index (χ1v) is 13.5. The van der Waals surface area contributed by atoms with Gasteiger partial charge in [-0.3, -0.25) is 13.8 Å². The lowest BCUT2D eigenvalue weighted by Crippen LogP contribution is -2.61. The summed E-state index contributed by atoms with van der Waals surface area (Å²) >= 11 is 0. The van der Waals surface area contributed by atoms with Crippen molar-refractivity contribution in [1.29, 1.82) is 0 Å². The van der Waals surface area contributed by atoms with Gasteiger partial charge in [-0.15, -0.1) is 0 Å². The lowest BCUT2D eigenvalue weighted by atomic mass is 9.85. The van der Waals surface area contributed by atoms with Crippen LogP contribution in [0.25, 0.3) is 10.4 Å². The van der Waals surface area contributed by atoms with E-state index in [0.29, 0.717) is 6.42 Å². The summed E-state index contributed by atoms with van der Waals surface area (Å²) in [5, 5.41) is 35.9. The predicted molar refractivity (Wildman–Crippen MR) is 117 cm³/mol. The van der Waals surface area contributed by atoms with Crippen molar-refractivity contribution in [3.8, 4) is 0 Å². The molecule has 2 saturated heterocycles. The van der Waals surface area contributed by atoms with Crippen molar-refractivity contribution in [2.24, 2.45) is 11.0 Å². The Balaban J connectivity index is 2.12. The predicted octanol–water partition coefficient (Wildman–Crippen LogP) is -1.76. The standard InChI is InChI=1S/C15H29BN4O13P2/c1-3-7-8(4-18-20-17)31-15(10(11(7)22)19-6(2)21)32-35(27,28)33-34(25,26)29-5-9-12(23)13(24)14(16)30-9/h7-15,22-24H,3-5,16H2,1-2H3,(H,19,21)(H,25,26)(H,27,28)/t7?,8?,9-,10?,11?,12?,13?,14-,15?/m1/s1. The molecule has 35 heavy (non-hydrogen) atoms. The van der Waals surface area contributed by atoms with Gasteiger partial charge in [-0.05, 0) is 12.0 Å². The molecule has 9 unspecified atom stereocenters. The minimum atomic E-state index is -5.45. The van der Waals surface area contributed by atoms with Crippen LogP contribution in [0.3, 0.4) is 0 Å². The maximum absolute atomic E-state index is 12.5. The third kappa shape index (κ3) is 8.20. The summed E-state index contributed by atoms with van der Waals surface area (Å²) in [6.07, 6.45) is -7.87. The summed E-state index contributed by atoms with van der Waals surface area (Å²) in [6.45, 7) is 1.73. The third-order valence-corrected chi connectivity index (χ3v) is 8.10. The molecule has 2 aliphatic heterocycles. The zero-order valence-corrected chi connectivity index (χ0v) is 20.8. The van der Waals surface area contributed by atoms with E-state index in [1.165, 1.54) is 7.85 Å². The number of aliphatic hydroxyl groups is 3. The van der Waals surface area contributed by atoms with Gasteiger partial charge in [0.1, 0.15) is 32.2 Å². The lowest BCUT2D eigenvalue weighted by Gasteiger charge is -2.44. The number of aliphatic hydroxyl groups excluding tert-OH is 3. The van der Waals surface area contributed by atoms with E-state index in [9.17, 15) is 39.0 Å². The number of carbonyl (C=O) groups is 1. The quantitative estimate of drug-likeness (QED) is 0.0553. The largest absolute Gasteiger partial charge is 0.483 e. The maximum atomic E-state index is 12.5. The molecule has 6 N–H and O–H groups in total. The number of amides is 1. The van der Waals surface area contributed by atoms with Crippen LogP contribution >= 0.6 is 15.6 Å². The van der Waals surface area contributed by atoms with Gasteiger partial charge in [-0.25, -0.2) is 9.13 Å². The molecular weight excluding hydrogens is 517 g/mol. The molecule has 0 aromatic carbocycles. The number of rotatable bonds is 11. The molecule has 2 fully saturated rings. The van der Waals surface area contributed by atoms with Gasteiger partial charge in [-0.1, -0.05) is 12.0 Å². The molecule has 0 aromatic rings. The van der Waals surface area contributed by atoms with E-state index in [-0.39, 0.29) is 6.54 Å². The number of carbonyl (C=O) groups excluding carboxylic acids is 1. The van der Waals surface area contributed by atoms with E-state index in [4.69, 9.17) is 19.5 Å². The Morgan fingerprint density at radius 1 is 1.14 bits per heavy atom. The Bertz CT molecular complexity index is 895. The van der Waals surface area contributed by atoms with Gasteiger partial charge >= 0.3 is 15.6 Å². The van der Waals surface area contributed by atoms with Crippen molar-refractivity contribution in [3.05, 3.63) is 10.4 Å². The van der Waals surface area contributed by atoms with E-state index in [1.54, 1.807) is 6.92 Å². The molecule has 0 saturated carbocycles. The maximum Gasteiger partial charge on any atom is 0.483 e. The zero-order chi connectivity index (χ0) is 26.6. The first kappa shape index (κ1) is 30.1. The van der Waals surface area contributed by atoms with Crippen molar-refractivity contribution in [2.45, 2.75) is 69.1 Å². The molecule has 2 aliphatic rings. The SMILES string of the molecule is B[C@@H]1O[C@H](COP(=O)(O)OP(=O)(O)OC2OC(CN=[N+]=[N-])C(CC)C(O)C2NC(C)=O)C(O)C1O. The van der Waals surface area contributed by atoms with Gasteiger partial charge in [0.05, 0.1) is 31.4 Å². The normalized spacial score (nSPS) is 38.7. The minimum absolute atomic E-state index is 0.287. The van der Waals surface area contributed by atoms with Gasteiger partial charge in [0.25, 0.3) is 0 Å². The van der Waals surface area contributed by atoms with E-state index < -0.39 is 82.9 Å². The van der Waals surface area contributed by atoms with Crippen LogP contribution in [0, 0.1) is 5.92 Å². The summed E-state index contributed by atoms with van der Waals surface area (Å²) in [5.74, 6) is -1.31. The topological polar surface area (TPSA) is 259 Å². The highest BCUT2D eigenvalue weighted by atomic mass is 31.3. The van der Waals surface area contributed by atoms with Gasteiger partial charge in [0.2, 0.25) is 5.91 Å². The highest BCUT2D eigenvalue weighted by molar-refractivity contribution is 7.61. The second kappa shape index (κ2) is 12.4. The van der Waals surface area contributed by atoms with Gasteiger partial charge in [-0.2, -0.15) is 4.31 Å². The molecule has 17 nitrogen and oxygen atoms in total. The van der Waals surface area contributed by atoms with E-state index in [1.807, 2.05) is 0 Å². The Labute approximate surface area is 200 Å². The van der Waals surface area contributed by atoms with E-state index in [2.05, 4.69) is 24.2 Å². The fraction of sp³-hybridized carbons (Fsp3) is 0.933. The van der Waals surface area contributed by atoms with Crippen LogP contribution in [-0.4, -0.2) is 101 Å². The Kier molecular flexibility index (Phi) is 10.7. The van der Waals surface area contributed by atoms with Crippen molar-refractivity contribution in [1.82, 2.24) is 5.32 Å². The average Bonchev–Trinajstić information content (AvgIpc) is 2.99. The smallest absolute Gasteiger partial charge is 0.390 e. The van der Waals surface area contributed by atoms with Crippen molar-refractivity contribution < 1.29 is 61.9 Å². The monoisotopic (exact) mass is 546 g/mol. The molecular formula is C15H29BN4O13P2. The molecule has 0 bridgehead atoms. The number of phosphoric acid groups is 2.